The molecule has 0 bridgehead atoms. The number of hydrogen-bond acceptors (Lipinski definition) is 5. The van der Waals surface area contributed by atoms with Crippen LogP contribution in [0.2, 0.25) is 0 Å². The fraction of sp³-hybridized carbons (Fsp3) is 0.538. The Bertz CT molecular complexity index is 827. The van der Waals surface area contributed by atoms with Gasteiger partial charge in [0.2, 0.25) is 0 Å². The highest BCUT2D eigenvalue weighted by Crippen LogP contribution is 2.39. The number of rotatable bonds is 13. The molecular formula is C26H36FNO4. The number of benzene rings is 2. The van der Waals surface area contributed by atoms with E-state index in [-0.39, 0.29) is 23.4 Å². The van der Waals surface area contributed by atoms with Gasteiger partial charge in [0.1, 0.15) is 5.82 Å². The van der Waals surface area contributed by atoms with E-state index in [0.29, 0.717) is 17.5 Å². The SMILES string of the molecule is Oc1ccc2c(c1O)CC[C@@H](NCCCCCCOCCCCc1ccc(F)cc1)[C@@H]2O. The van der Waals surface area contributed by atoms with Crippen molar-refractivity contribution in [2.75, 3.05) is 19.8 Å². The first-order chi connectivity index (χ1) is 15.6. The maximum Gasteiger partial charge on any atom is 0.161 e. The molecule has 176 valence electrons. The van der Waals surface area contributed by atoms with Gasteiger partial charge < -0.3 is 25.4 Å². The molecule has 0 amide bonds. The van der Waals surface area contributed by atoms with E-state index in [1.54, 1.807) is 6.07 Å². The number of aliphatic hydroxyl groups excluding tert-OH is 1. The van der Waals surface area contributed by atoms with Crippen LogP contribution in [0.5, 0.6) is 11.5 Å². The lowest BCUT2D eigenvalue weighted by Gasteiger charge is -2.31. The maximum atomic E-state index is 12.9. The van der Waals surface area contributed by atoms with Crippen molar-refractivity contribution in [3.05, 3.63) is 58.9 Å². The molecule has 2 atom stereocenters. The second kappa shape index (κ2) is 12.8. The van der Waals surface area contributed by atoms with E-state index in [1.807, 2.05) is 12.1 Å². The summed E-state index contributed by atoms with van der Waals surface area (Å²) in [5.74, 6) is -0.417. The monoisotopic (exact) mass is 445 g/mol. The second-order valence-electron chi connectivity index (χ2n) is 8.66. The number of aryl methyl sites for hydroxylation is 1. The number of aromatic hydroxyl groups is 2. The standard InChI is InChI=1S/C26H36FNO4/c27-20-10-8-19(9-11-20)7-3-6-18-32-17-5-2-1-4-16-28-23-14-12-22-21(25(23)30)13-15-24(29)26(22)31/h8-11,13,15,23,25,28-31H,1-7,12,14,16-18H2/t23-,25-/m1/s1. The van der Waals surface area contributed by atoms with E-state index in [1.165, 1.54) is 23.8 Å². The summed E-state index contributed by atoms with van der Waals surface area (Å²) in [7, 11) is 0. The van der Waals surface area contributed by atoms with Crippen molar-refractivity contribution in [3.8, 4) is 11.5 Å². The number of unbranched alkanes of at least 4 members (excludes halogenated alkanes) is 4. The van der Waals surface area contributed by atoms with Gasteiger partial charge in [-0.15, -0.1) is 0 Å². The summed E-state index contributed by atoms with van der Waals surface area (Å²) in [6.07, 6.45) is 8.10. The third-order valence-electron chi connectivity index (χ3n) is 6.24. The number of phenolic OH excluding ortho intramolecular Hbond substituents is 2. The highest BCUT2D eigenvalue weighted by Gasteiger charge is 2.29. The predicted octanol–water partition coefficient (Wildman–Crippen LogP) is 4.77. The van der Waals surface area contributed by atoms with Crippen molar-refractivity contribution in [1.82, 2.24) is 5.32 Å². The van der Waals surface area contributed by atoms with E-state index in [0.717, 1.165) is 71.1 Å². The highest BCUT2D eigenvalue weighted by atomic mass is 19.1. The fourth-order valence-corrected chi connectivity index (χ4v) is 4.32. The summed E-state index contributed by atoms with van der Waals surface area (Å²) in [6.45, 7) is 2.42. The van der Waals surface area contributed by atoms with Crippen LogP contribution in [0.1, 0.15) is 67.7 Å². The molecule has 0 saturated carbocycles. The van der Waals surface area contributed by atoms with Crippen LogP contribution in [0.3, 0.4) is 0 Å². The summed E-state index contributed by atoms with van der Waals surface area (Å²) >= 11 is 0. The van der Waals surface area contributed by atoms with Gasteiger partial charge in [-0.1, -0.05) is 31.0 Å². The Morgan fingerprint density at radius 2 is 1.62 bits per heavy atom. The van der Waals surface area contributed by atoms with Gasteiger partial charge in [0, 0.05) is 24.8 Å². The average Bonchev–Trinajstić information content (AvgIpc) is 2.79. The lowest BCUT2D eigenvalue weighted by Crippen LogP contribution is -2.38. The molecule has 2 aromatic rings. The van der Waals surface area contributed by atoms with Crippen LogP contribution >= 0.6 is 0 Å². The van der Waals surface area contributed by atoms with Gasteiger partial charge in [-0.25, -0.2) is 4.39 Å². The van der Waals surface area contributed by atoms with Crippen LogP contribution in [-0.2, 0) is 17.6 Å². The number of halogens is 1. The van der Waals surface area contributed by atoms with Crippen molar-refractivity contribution >= 4 is 0 Å². The Kier molecular flexibility index (Phi) is 9.78. The number of ether oxygens (including phenoxy) is 1. The van der Waals surface area contributed by atoms with Gasteiger partial charge in [0.25, 0.3) is 0 Å². The summed E-state index contributed by atoms with van der Waals surface area (Å²) < 4.78 is 18.6. The Hall–Kier alpha value is -2.15. The van der Waals surface area contributed by atoms with Crippen LogP contribution in [0.25, 0.3) is 0 Å². The lowest BCUT2D eigenvalue weighted by atomic mass is 9.85. The van der Waals surface area contributed by atoms with Gasteiger partial charge in [-0.3, -0.25) is 0 Å². The summed E-state index contributed by atoms with van der Waals surface area (Å²) in [5, 5.41) is 33.6. The predicted molar refractivity (Wildman–Crippen MR) is 123 cm³/mol. The molecule has 0 aromatic heterocycles. The number of nitrogens with one attached hydrogen (secondary N) is 1. The zero-order valence-electron chi connectivity index (χ0n) is 18.7. The van der Waals surface area contributed by atoms with Crippen LogP contribution < -0.4 is 5.32 Å². The molecule has 1 aliphatic rings. The average molecular weight is 446 g/mol. The Labute approximate surface area is 190 Å². The quantitative estimate of drug-likeness (QED) is 0.264. The smallest absolute Gasteiger partial charge is 0.161 e. The molecule has 0 unspecified atom stereocenters. The van der Waals surface area contributed by atoms with E-state index in [2.05, 4.69) is 5.32 Å². The van der Waals surface area contributed by atoms with Gasteiger partial charge in [-0.2, -0.15) is 0 Å². The van der Waals surface area contributed by atoms with Crippen LogP contribution in [-0.4, -0.2) is 41.1 Å². The molecule has 3 rings (SSSR count). The summed E-state index contributed by atoms with van der Waals surface area (Å²) in [5.41, 5.74) is 2.53. The number of phenols is 2. The first kappa shape index (κ1) is 24.5. The molecule has 5 nitrogen and oxygen atoms in total. The molecule has 0 saturated heterocycles. The Morgan fingerprint density at radius 1 is 0.906 bits per heavy atom. The van der Waals surface area contributed by atoms with E-state index < -0.39 is 6.10 Å². The van der Waals surface area contributed by atoms with E-state index >= 15 is 0 Å². The summed E-state index contributed by atoms with van der Waals surface area (Å²) in [6, 6.07) is 9.82. The topological polar surface area (TPSA) is 82.0 Å². The third kappa shape index (κ3) is 7.19. The van der Waals surface area contributed by atoms with Crippen LogP contribution in [0, 0.1) is 5.82 Å². The van der Waals surface area contributed by atoms with Gasteiger partial charge >= 0.3 is 0 Å². The minimum atomic E-state index is -0.665. The first-order valence-electron chi connectivity index (χ1n) is 11.8. The molecule has 32 heavy (non-hydrogen) atoms. The van der Waals surface area contributed by atoms with Crippen molar-refractivity contribution < 1.29 is 24.4 Å². The first-order valence-corrected chi connectivity index (χ1v) is 11.8. The second-order valence-corrected chi connectivity index (χ2v) is 8.66. The highest BCUT2D eigenvalue weighted by molar-refractivity contribution is 5.51. The molecule has 0 spiro atoms. The Morgan fingerprint density at radius 3 is 2.41 bits per heavy atom. The fourth-order valence-electron chi connectivity index (χ4n) is 4.32. The van der Waals surface area contributed by atoms with Crippen molar-refractivity contribution in [1.29, 1.82) is 0 Å². The van der Waals surface area contributed by atoms with E-state index in [4.69, 9.17) is 4.74 Å². The molecule has 0 heterocycles. The van der Waals surface area contributed by atoms with E-state index in [9.17, 15) is 19.7 Å². The lowest BCUT2D eigenvalue weighted by molar-refractivity contribution is 0.113. The molecule has 2 aromatic carbocycles. The van der Waals surface area contributed by atoms with Gasteiger partial charge in [0.05, 0.1) is 6.10 Å². The largest absolute Gasteiger partial charge is 0.504 e. The maximum absolute atomic E-state index is 12.9. The van der Waals surface area contributed by atoms with Gasteiger partial charge in [0.15, 0.2) is 11.5 Å². The van der Waals surface area contributed by atoms with Crippen LogP contribution in [0.15, 0.2) is 36.4 Å². The van der Waals surface area contributed by atoms with Crippen molar-refractivity contribution in [2.24, 2.45) is 0 Å². The molecule has 6 heteroatoms. The van der Waals surface area contributed by atoms with Gasteiger partial charge in [-0.05, 0) is 80.8 Å². The molecular weight excluding hydrogens is 409 g/mol. The molecule has 4 N–H and O–H groups in total. The summed E-state index contributed by atoms with van der Waals surface area (Å²) in [4.78, 5) is 0. The minimum absolute atomic E-state index is 0.0234. The van der Waals surface area contributed by atoms with Crippen LogP contribution in [0.4, 0.5) is 4.39 Å². The zero-order valence-corrected chi connectivity index (χ0v) is 18.7. The normalized spacial score (nSPS) is 17.9. The van der Waals surface area contributed by atoms with Crippen molar-refractivity contribution in [3.63, 3.8) is 0 Å². The third-order valence-corrected chi connectivity index (χ3v) is 6.24. The number of hydrogen-bond donors (Lipinski definition) is 4. The molecule has 0 aliphatic heterocycles. The molecule has 1 aliphatic carbocycles. The van der Waals surface area contributed by atoms with Crippen molar-refractivity contribution in [2.45, 2.75) is 69.9 Å². The molecule has 0 fully saturated rings. The molecule has 0 radical (unpaired) electrons. The minimum Gasteiger partial charge on any atom is -0.504 e. The Balaban J connectivity index is 1.17. The number of aliphatic hydroxyl groups is 1. The number of fused-ring (bicyclic) bond motifs is 1. The zero-order chi connectivity index (χ0) is 22.8.